The van der Waals surface area contributed by atoms with Gasteiger partial charge >= 0.3 is 0 Å². The van der Waals surface area contributed by atoms with Crippen LogP contribution >= 0.6 is 22.7 Å². The first-order valence-electron chi connectivity index (χ1n) is 6.84. The van der Waals surface area contributed by atoms with Gasteiger partial charge in [0.2, 0.25) is 0 Å². The molecule has 3 aromatic rings. The van der Waals surface area contributed by atoms with E-state index in [1.54, 1.807) is 40.9 Å². The van der Waals surface area contributed by atoms with Crippen LogP contribution in [0.25, 0.3) is 10.6 Å². The Labute approximate surface area is 136 Å². The number of aliphatic hydroxyl groups is 1. The van der Waals surface area contributed by atoms with Gasteiger partial charge in [-0.1, -0.05) is 18.2 Å². The van der Waals surface area contributed by atoms with Gasteiger partial charge in [-0.25, -0.2) is 9.37 Å². The summed E-state index contributed by atoms with van der Waals surface area (Å²) in [4.78, 5) is 4.55. The van der Waals surface area contributed by atoms with Gasteiger partial charge in [-0.05, 0) is 17.5 Å². The third-order valence-corrected chi connectivity index (χ3v) is 4.85. The topological polar surface area (TPSA) is 45.1 Å². The molecular formula is C16H15FN2OS2. The third kappa shape index (κ3) is 3.59. The highest BCUT2D eigenvalue weighted by Gasteiger charge is 2.12. The molecule has 0 bridgehead atoms. The van der Waals surface area contributed by atoms with Crippen molar-refractivity contribution in [2.75, 3.05) is 6.54 Å². The van der Waals surface area contributed by atoms with Crippen LogP contribution in [-0.2, 0) is 6.54 Å². The Kier molecular flexibility index (Phi) is 4.94. The molecule has 3 nitrogen and oxygen atoms in total. The van der Waals surface area contributed by atoms with Crippen molar-refractivity contribution in [3.8, 4) is 10.6 Å². The molecule has 3 rings (SSSR count). The molecule has 22 heavy (non-hydrogen) atoms. The second-order valence-corrected chi connectivity index (χ2v) is 6.46. The van der Waals surface area contributed by atoms with Crippen molar-refractivity contribution >= 4 is 22.7 Å². The molecule has 0 aliphatic heterocycles. The molecule has 0 saturated carbocycles. The van der Waals surface area contributed by atoms with Crippen LogP contribution in [0.4, 0.5) is 4.39 Å². The van der Waals surface area contributed by atoms with Gasteiger partial charge in [0.05, 0.1) is 11.8 Å². The lowest BCUT2D eigenvalue weighted by Gasteiger charge is -2.12. The van der Waals surface area contributed by atoms with Crippen LogP contribution in [0.1, 0.15) is 17.4 Å². The Hall–Kier alpha value is -1.60. The van der Waals surface area contributed by atoms with Gasteiger partial charge < -0.3 is 10.4 Å². The number of thiophene rings is 1. The number of rotatable bonds is 6. The average Bonchev–Trinajstić information content (AvgIpc) is 3.18. The van der Waals surface area contributed by atoms with Gasteiger partial charge in [0.15, 0.2) is 0 Å². The molecule has 0 amide bonds. The van der Waals surface area contributed by atoms with Crippen molar-refractivity contribution < 1.29 is 9.50 Å². The lowest BCUT2D eigenvalue weighted by molar-refractivity contribution is 0.169. The molecule has 6 heteroatoms. The fourth-order valence-corrected chi connectivity index (χ4v) is 3.63. The second kappa shape index (κ2) is 7.11. The van der Waals surface area contributed by atoms with Crippen molar-refractivity contribution in [3.05, 3.63) is 63.5 Å². The predicted octanol–water partition coefficient (Wildman–Crippen LogP) is 3.83. The summed E-state index contributed by atoms with van der Waals surface area (Å²) in [6, 6.07) is 8.32. The lowest BCUT2D eigenvalue weighted by Crippen LogP contribution is -2.21. The number of aromatic nitrogens is 1. The molecule has 0 aliphatic rings. The van der Waals surface area contributed by atoms with Gasteiger partial charge in [-0.2, -0.15) is 11.3 Å². The van der Waals surface area contributed by atoms with E-state index in [0.717, 1.165) is 16.3 Å². The van der Waals surface area contributed by atoms with E-state index in [4.69, 9.17) is 0 Å². The predicted molar refractivity (Wildman–Crippen MR) is 88.5 cm³/mol. The fourth-order valence-electron chi connectivity index (χ4n) is 2.10. The SMILES string of the molecule is O[C@H](CNCc1csc(-c2ccsc2)n1)c1ccccc1F. The van der Waals surface area contributed by atoms with Gasteiger partial charge in [0, 0.05) is 35.0 Å². The first kappa shape index (κ1) is 15.3. The summed E-state index contributed by atoms with van der Waals surface area (Å²) in [7, 11) is 0. The molecule has 1 aromatic carbocycles. The molecule has 114 valence electrons. The second-order valence-electron chi connectivity index (χ2n) is 4.82. The van der Waals surface area contributed by atoms with E-state index in [0.29, 0.717) is 12.1 Å². The van der Waals surface area contributed by atoms with Crippen molar-refractivity contribution in [1.29, 1.82) is 0 Å². The van der Waals surface area contributed by atoms with Crippen LogP contribution in [0.15, 0.2) is 46.5 Å². The van der Waals surface area contributed by atoms with E-state index in [2.05, 4.69) is 15.7 Å². The summed E-state index contributed by atoms with van der Waals surface area (Å²) in [5.41, 5.74) is 2.37. The van der Waals surface area contributed by atoms with Gasteiger partial charge in [-0.3, -0.25) is 0 Å². The highest BCUT2D eigenvalue weighted by atomic mass is 32.1. The highest BCUT2D eigenvalue weighted by Crippen LogP contribution is 2.25. The monoisotopic (exact) mass is 334 g/mol. The average molecular weight is 334 g/mol. The minimum atomic E-state index is -0.865. The van der Waals surface area contributed by atoms with Crippen molar-refractivity contribution in [1.82, 2.24) is 10.3 Å². The maximum absolute atomic E-state index is 13.6. The molecule has 0 unspecified atom stereocenters. The van der Waals surface area contributed by atoms with Crippen LogP contribution in [0, 0.1) is 5.82 Å². The number of benzene rings is 1. The number of halogens is 1. The Morgan fingerprint density at radius 2 is 2.09 bits per heavy atom. The van der Waals surface area contributed by atoms with Crippen molar-refractivity contribution in [3.63, 3.8) is 0 Å². The normalized spacial score (nSPS) is 12.5. The fraction of sp³-hybridized carbons (Fsp3) is 0.188. The zero-order chi connectivity index (χ0) is 15.4. The molecule has 2 aromatic heterocycles. The van der Waals surface area contributed by atoms with E-state index in [1.807, 2.05) is 16.8 Å². The maximum Gasteiger partial charge on any atom is 0.129 e. The molecule has 1 atom stereocenters. The maximum atomic E-state index is 13.6. The zero-order valence-corrected chi connectivity index (χ0v) is 13.3. The standard InChI is InChI=1S/C16H15FN2OS2/c17-14-4-2-1-3-13(14)15(20)8-18-7-12-10-22-16(19-12)11-5-6-21-9-11/h1-6,9-10,15,18,20H,7-8H2/t15-/m1/s1. The van der Waals surface area contributed by atoms with Crippen LogP contribution < -0.4 is 5.32 Å². The molecule has 0 radical (unpaired) electrons. The lowest BCUT2D eigenvalue weighted by atomic mass is 10.1. The minimum absolute atomic E-state index is 0.284. The molecule has 2 N–H and O–H groups in total. The Morgan fingerprint density at radius 1 is 1.23 bits per heavy atom. The number of aliphatic hydroxyl groups excluding tert-OH is 1. The number of nitrogens with zero attached hydrogens (tertiary/aromatic N) is 1. The van der Waals surface area contributed by atoms with Crippen LogP contribution in [-0.4, -0.2) is 16.6 Å². The van der Waals surface area contributed by atoms with E-state index >= 15 is 0 Å². The Morgan fingerprint density at radius 3 is 2.86 bits per heavy atom. The molecule has 0 fully saturated rings. The number of nitrogens with one attached hydrogen (secondary N) is 1. The van der Waals surface area contributed by atoms with E-state index < -0.39 is 6.10 Å². The summed E-state index contributed by atoms with van der Waals surface area (Å²) in [6.45, 7) is 0.832. The molecule has 0 saturated heterocycles. The Bertz CT molecular complexity index is 727. The third-order valence-electron chi connectivity index (χ3n) is 3.23. The van der Waals surface area contributed by atoms with Gasteiger partial charge in [0.1, 0.15) is 10.8 Å². The molecule has 2 heterocycles. The smallest absolute Gasteiger partial charge is 0.129 e. The molecule has 0 spiro atoms. The van der Waals surface area contributed by atoms with Crippen LogP contribution in [0.3, 0.4) is 0 Å². The quantitative estimate of drug-likeness (QED) is 0.720. The van der Waals surface area contributed by atoms with E-state index in [9.17, 15) is 9.50 Å². The summed E-state index contributed by atoms with van der Waals surface area (Å²) < 4.78 is 13.6. The van der Waals surface area contributed by atoms with Crippen molar-refractivity contribution in [2.45, 2.75) is 12.6 Å². The number of hydrogen-bond donors (Lipinski definition) is 2. The summed E-state index contributed by atoms with van der Waals surface area (Å²) in [5.74, 6) is -0.384. The first-order chi connectivity index (χ1) is 10.7. The summed E-state index contributed by atoms with van der Waals surface area (Å²) in [6.07, 6.45) is -0.865. The minimum Gasteiger partial charge on any atom is -0.387 e. The largest absolute Gasteiger partial charge is 0.387 e. The van der Waals surface area contributed by atoms with E-state index in [-0.39, 0.29) is 12.4 Å². The Balaban J connectivity index is 1.54. The highest BCUT2D eigenvalue weighted by molar-refractivity contribution is 7.14. The van der Waals surface area contributed by atoms with E-state index in [1.165, 1.54) is 6.07 Å². The zero-order valence-electron chi connectivity index (χ0n) is 11.7. The van der Waals surface area contributed by atoms with Gasteiger partial charge in [0.25, 0.3) is 0 Å². The summed E-state index contributed by atoms with van der Waals surface area (Å²) in [5, 5.41) is 20.2. The molecular weight excluding hydrogens is 319 g/mol. The van der Waals surface area contributed by atoms with Crippen molar-refractivity contribution in [2.24, 2.45) is 0 Å². The number of hydrogen-bond acceptors (Lipinski definition) is 5. The van der Waals surface area contributed by atoms with Crippen LogP contribution in [0.2, 0.25) is 0 Å². The summed E-state index contributed by atoms with van der Waals surface area (Å²) >= 11 is 3.24. The number of thiazole rings is 1. The van der Waals surface area contributed by atoms with Crippen LogP contribution in [0.5, 0.6) is 0 Å². The van der Waals surface area contributed by atoms with Gasteiger partial charge in [-0.15, -0.1) is 11.3 Å². The molecule has 0 aliphatic carbocycles. The first-order valence-corrected chi connectivity index (χ1v) is 8.66.